The number of carbonyl (C=O) groups is 1. The summed E-state index contributed by atoms with van der Waals surface area (Å²) in [6.45, 7) is 0. The molecule has 1 fully saturated rings. The van der Waals surface area contributed by atoms with E-state index in [1.807, 2.05) is 30.3 Å². The molecule has 2 aliphatic rings. The van der Waals surface area contributed by atoms with Gasteiger partial charge in [-0.2, -0.15) is 0 Å². The number of amidine groups is 1. The second-order valence-electron chi connectivity index (χ2n) is 4.98. The van der Waals surface area contributed by atoms with Gasteiger partial charge in [-0.25, -0.2) is 4.99 Å². The molecule has 0 saturated heterocycles. The number of nitrogens with one attached hydrogen (secondary N) is 1. The van der Waals surface area contributed by atoms with Gasteiger partial charge < -0.3 is 5.32 Å². The molecule has 1 aromatic carbocycles. The number of aliphatic imine (C=N–C) groups is 1. The molecule has 1 heterocycles. The zero-order chi connectivity index (χ0) is 13.2. The number of halogens is 1. The van der Waals surface area contributed by atoms with E-state index >= 15 is 0 Å². The summed E-state index contributed by atoms with van der Waals surface area (Å²) in [7, 11) is 0. The van der Waals surface area contributed by atoms with Crippen molar-refractivity contribution >= 4 is 33.7 Å². The molecule has 1 aliphatic carbocycles. The van der Waals surface area contributed by atoms with E-state index in [4.69, 9.17) is 0 Å². The Kier molecular flexibility index (Phi) is 3.51. The lowest BCUT2D eigenvalue weighted by molar-refractivity contribution is -0.115. The van der Waals surface area contributed by atoms with Gasteiger partial charge in [-0.15, -0.1) is 0 Å². The number of rotatable bonds is 2. The van der Waals surface area contributed by atoms with Gasteiger partial charge in [-0.3, -0.25) is 4.79 Å². The third kappa shape index (κ3) is 2.63. The van der Waals surface area contributed by atoms with Crippen LogP contribution in [-0.4, -0.2) is 11.7 Å². The normalized spacial score (nSPS) is 21.8. The number of nitrogens with zero attached hydrogens (tertiary/aromatic N) is 1. The number of carbonyl (C=O) groups excluding carboxylic acids is 1. The highest BCUT2D eigenvalue weighted by molar-refractivity contribution is 9.10. The monoisotopic (exact) mass is 318 g/mol. The topological polar surface area (TPSA) is 41.5 Å². The van der Waals surface area contributed by atoms with E-state index in [9.17, 15) is 4.79 Å². The average molecular weight is 319 g/mol. The van der Waals surface area contributed by atoms with Crippen LogP contribution in [0.2, 0.25) is 0 Å². The summed E-state index contributed by atoms with van der Waals surface area (Å²) in [6.07, 6.45) is 6.59. The van der Waals surface area contributed by atoms with Gasteiger partial charge in [-0.05, 0) is 30.5 Å². The van der Waals surface area contributed by atoms with Crippen LogP contribution in [-0.2, 0) is 4.79 Å². The van der Waals surface area contributed by atoms with Crippen molar-refractivity contribution in [3.05, 3.63) is 40.0 Å². The van der Waals surface area contributed by atoms with Crippen molar-refractivity contribution in [1.82, 2.24) is 5.32 Å². The summed E-state index contributed by atoms with van der Waals surface area (Å²) in [6, 6.07) is 7.83. The minimum atomic E-state index is -0.0855. The summed E-state index contributed by atoms with van der Waals surface area (Å²) >= 11 is 3.48. The second kappa shape index (κ2) is 5.29. The van der Waals surface area contributed by atoms with E-state index in [2.05, 4.69) is 26.2 Å². The molecular weight excluding hydrogens is 304 g/mol. The van der Waals surface area contributed by atoms with Crippen molar-refractivity contribution in [2.24, 2.45) is 10.9 Å². The van der Waals surface area contributed by atoms with Crippen LogP contribution in [0.15, 0.2) is 39.4 Å². The molecule has 1 aromatic rings. The van der Waals surface area contributed by atoms with E-state index in [-0.39, 0.29) is 5.91 Å². The number of amides is 1. The molecule has 1 N–H and O–H groups in total. The maximum Gasteiger partial charge on any atom is 0.275 e. The van der Waals surface area contributed by atoms with E-state index in [1.165, 1.54) is 12.8 Å². The lowest BCUT2D eigenvalue weighted by Gasteiger charge is -2.06. The fourth-order valence-electron chi connectivity index (χ4n) is 2.62. The van der Waals surface area contributed by atoms with Gasteiger partial charge in [0.1, 0.15) is 11.5 Å². The first-order chi connectivity index (χ1) is 9.24. The van der Waals surface area contributed by atoms with Crippen LogP contribution in [0.5, 0.6) is 0 Å². The molecule has 0 atom stereocenters. The predicted octanol–water partition coefficient (Wildman–Crippen LogP) is 3.51. The van der Waals surface area contributed by atoms with Crippen LogP contribution in [0.3, 0.4) is 0 Å². The second-order valence-corrected chi connectivity index (χ2v) is 5.84. The summed E-state index contributed by atoms with van der Waals surface area (Å²) in [5, 5.41) is 2.91. The Morgan fingerprint density at radius 2 is 2.00 bits per heavy atom. The fourth-order valence-corrected chi connectivity index (χ4v) is 3.02. The first-order valence-corrected chi connectivity index (χ1v) is 7.39. The Morgan fingerprint density at radius 1 is 1.26 bits per heavy atom. The van der Waals surface area contributed by atoms with Gasteiger partial charge in [0.25, 0.3) is 5.91 Å². The molecule has 19 heavy (non-hydrogen) atoms. The minimum absolute atomic E-state index is 0.0855. The largest absolute Gasteiger partial charge is 0.308 e. The molecule has 3 rings (SSSR count). The fraction of sp³-hybridized carbons (Fsp3) is 0.333. The van der Waals surface area contributed by atoms with Crippen molar-refractivity contribution in [3.63, 3.8) is 0 Å². The molecule has 1 saturated carbocycles. The molecule has 0 spiro atoms. The molecule has 0 bridgehead atoms. The first-order valence-electron chi connectivity index (χ1n) is 6.60. The van der Waals surface area contributed by atoms with Crippen molar-refractivity contribution in [1.29, 1.82) is 0 Å². The van der Waals surface area contributed by atoms with E-state index in [0.717, 1.165) is 28.7 Å². The van der Waals surface area contributed by atoms with Crippen molar-refractivity contribution < 1.29 is 4.79 Å². The highest BCUT2D eigenvalue weighted by Crippen LogP contribution is 2.28. The van der Waals surface area contributed by atoms with Gasteiger partial charge >= 0.3 is 0 Å². The van der Waals surface area contributed by atoms with Crippen LogP contribution in [0.25, 0.3) is 6.08 Å². The Hall–Kier alpha value is -1.42. The highest BCUT2D eigenvalue weighted by Gasteiger charge is 2.28. The lowest BCUT2D eigenvalue weighted by atomic mass is 10.1. The van der Waals surface area contributed by atoms with Crippen molar-refractivity contribution in [2.45, 2.75) is 25.7 Å². The van der Waals surface area contributed by atoms with E-state index in [0.29, 0.717) is 11.6 Å². The molecule has 1 amide bonds. The molecule has 0 unspecified atom stereocenters. The molecule has 0 radical (unpaired) electrons. The summed E-state index contributed by atoms with van der Waals surface area (Å²) in [5.74, 6) is 1.22. The molecular formula is C15H15BrN2O. The predicted molar refractivity (Wildman–Crippen MR) is 79.7 cm³/mol. The molecule has 3 nitrogen and oxygen atoms in total. The standard InChI is InChI=1S/C15H15BrN2O/c16-12-8-4-3-7-11(12)9-13-15(19)18-14(17-13)10-5-1-2-6-10/h3-4,7-10H,1-2,5-6H2,(H,17,18,19)/b13-9-. The number of hydrogen-bond acceptors (Lipinski definition) is 2. The minimum Gasteiger partial charge on any atom is -0.308 e. The molecule has 1 aliphatic heterocycles. The number of hydrogen-bond donors (Lipinski definition) is 1. The smallest absolute Gasteiger partial charge is 0.275 e. The van der Waals surface area contributed by atoms with Crippen LogP contribution in [0.4, 0.5) is 0 Å². The number of benzene rings is 1. The third-order valence-electron chi connectivity index (χ3n) is 3.65. The zero-order valence-corrected chi connectivity index (χ0v) is 12.1. The maximum atomic E-state index is 11.9. The van der Waals surface area contributed by atoms with Gasteiger partial charge in [0.15, 0.2) is 0 Å². The lowest BCUT2D eigenvalue weighted by Crippen LogP contribution is -2.29. The quantitative estimate of drug-likeness (QED) is 0.833. The average Bonchev–Trinajstić information content (AvgIpc) is 3.02. The summed E-state index contributed by atoms with van der Waals surface area (Å²) < 4.78 is 0.972. The SMILES string of the molecule is O=C1NC(C2CCCC2)=N/C1=C\c1ccccc1Br. The van der Waals surface area contributed by atoms with Crippen LogP contribution in [0, 0.1) is 5.92 Å². The Morgan fingerprint density at radius 3 is 2.74 bits per heavy atom. The summed E-state index contributed by atoms with van der Waals surface area (Å²) in [4.78, 5) is 16.4. The van der Waals surface area contributed by atoms with Gasteiger partial charge in [0.2, 0.25) is 0 Å². The van der Waals surface area contributed by atoms with Crippen LogP contribution < -0.4 is 5.32 Å². The molecule has 0 aromatic heterocycles. The van der Waals surface area contributed by atoms with Crippen molar-refractivity contribution in [2.75, 3.05) is 0 Å². The van der Waals surface area contributed by atoms with Crippen LogP contribution in [0.1, 0.15) is 31.2 Å². The van der Waals surface area contributed by atoms with E-state index in [1.54, 1.807) is 0 Å². The van der Waals surface area contributed by atoms with Gasteiger partial charge in [-0.1, -0.05) is 47.0 Å². The highest BCUT2D eigenvalue weighted by atomic mass is 79.9. The Bertz CT molecular complexity index is 571. The maximum absolute atomic E-state index is 11.9. The third-order valence-corrected chi connectivity index (χ3v) is 4.38. The zero-order valence-electron chi connectivity index (χ0n) is 10.5. The van der Waals surface area contributed by atoms with Crippen LogP contribution >= 0.6 is 15.9 Å². The first kappa shape index (κ1) is 12.6. The Balaban J connectivity index is 1.88. The van der Waals surface area contributed by atoms with Gasteiger partial charge in [0, 0.05) is 10.4 Å². The molecule has 4 heteroatoms. The van der Waals surface area contributed by atoms with Crippen molar-refractivity contribution in [3.8, 4) is 0 Å². The van der Waals surface area contributed by atoms with E-state index < -0.39 is 0 Å². The summed E-state index contributed by atoms with van der Waals surface area (Å²) in [5.41, 5.74) is 1.48. The van der Waals surface area contributed by atoms with Gasteiger partial charge in [0.05, 0.1) is 0 Å². The molecule has 98 valence electrons. The Labute approximate surface area is 120 Å².